The maximum Gasteiger partial charge on any atom is 0.343 e. The SMILES string of the molecule is CCOc1cc(-c2nc(SC)[nH]c(=O)c2C#N)c(Br)cc1OCC(=O)OC. The van der Waals surface area contributed by atoms with Crippen molar-refractivity contribution in [1.82, 2.24) is 9.97 Å². The third-order valence-corrected chi connectivity index (χ3v) is 4.60. The van der Waals surface area contributed by atoms with Crippen molar-refractivity contribution in [3.63, 3.8) is 0 Å². The number of aromatic nitrogens is 2. The molecule has 0 saturated carbocycles. The van der Waals surface area contributed by atoms with Crippen molar-refractivity contribution in [3.8, 4) is 28.8 Å². The van der Waals surface area contributed by atoms with E-state index in [0.29, 0.717) is 33.3 Å². The average Bonchev–Trinajstić information content (AvgIpc) is 2.66. The monoisotopic (exact) mass is 453 g/mol. The molecule has 0 saturated heterocycles. The van der Waals surface area contributed by atoms with Gasteiger partial charge in [-0.15, -0.1) is 0 Å². The number of nitrogens with one attached hydrogen (secondary N) is 1. The molecule has 10 heteroatoms. The Morgan fingerprint density at radius 1 is 1.37 bits per heavy atom. The molecule has 0 radical (unpaired) electrons. The Hall–Kier alpha value is -2.51. The molecule has 0 unspecified atom stereocenters. The Morgan fingerprint density at radius 3 is 2.67 bits per heavy atom. The first-order valence-corrected chi connectivity index (χ1v) is 9.71. The van der Waals surface area contributed by atoms with E-state index in [9.17, 15) is 14.9 Å². The van der Waals surface area contributed by atoms with Crippen molar-refractivity contribution in [2.24, 2.45) is 0 Å². The molecule has 0 bridgehead atoms. The number of H-pyrrole nitrogens is 1. The number of benzene rings is 1. The van der Waals surface area contributed by atoms with Gasteiger partial charge in [0.05, 0.1) is 19.4 Å². The smallest absolute Gasteiger partial charge is 0.343 e. The number of aromatic amines is 1. The Morgan fingerprint density at radius 2 is 2.07 bits per heavy atom. The molecule has 0 atom stereocenters. The summed E-state index contributed by atoms with van der Waals surface area (Å²) in [5.74, 6) is 0.118. The minimum absolute atomic E-state index is 0.112. The Bertz CT molecular complexity index is 955. The van der Waals surface area contributed by atoms with E-state index in [1.54, 1.807) is 25.3 Å². The summed E-state index contributed by atoms with van der Waals surface area (Å²) in [6, 6.07) is 5.08. The number of esters is 1. The van der Waals surface area contributed by atoms with E-state index in [1.165, 1.54) is 18.9 Å². The number of hydrogen-bond donors (Lipinski definition) is 1. The molecule has 1 aromatic carbocycles. The number of nitrogens with zero attached hydrogens (tertiary/aromatic N) is 2. The maximum absolute atomic E-state index is 12.2. The first-order valence-electron chi connectivity index (χ1n) is 7.69. The van der Waals surface area contributed by atoms with E-state index in [0.717, 1.165) is 0 Å². The van der Waals surface area contributed by atoms with Gasteiger partial charge in [-0.3, -0.25) is 4.79 Å². The van der Waals surface area contributed by atoms with Crippen LogP contribution in [0.2, 0.25) is 0 Å². The van der Waals surface area contributed by atoms with Gasteiger partial charge in [-0.25, -0.2) is 9.78 Å². The van der Waals surface area contributed by atoms with Crippen LogP contribution in [0.1, 0.15) is 12.5 Å². The van der Waals surface area contributed by atoms with Crippen molar-refractivity contribution in [3.05, 3.63) is 32.5 Å². The van der Waals surface area contributed by atoms with Crippen LogP contribution in [0.4, 0.5) is 0 Å². The largest absolute Gasteiger partial charge is 0.490 e. The fraction of sp³-hybridized carbons (Fsp3) is 0.294. The fourth-order valence-electron chi connectivity index (χ4n) is 2.14. The van der Waals surface area contributed by atoms with E-state index in [-0.39, 0.29) is 17.9 Å². The zero-order valence-electron chi connectivity index (χ0n) is 14.8. The van der Waals surface area contributed by atoms with Gasteiger partial charge >= 0.3 is 5.97 Å². The number of methoxy groups -OCH3 is 1. The molecule has 0 spiro atoms. The molecule has 0 aliphatic carbocycles. The van der Waals surface area contributed by atoms with Crippen LogP contribution < -0.4 is 15.0 Å². The van der Waals surface area contributed by atoms with Gasteiger partial charge in [0.25, 0.3) is 5.56 Å². The highest BCUT2D eigenvalue weighted by Gasteiger charge is 2.19. The zero-order valence-corrected chi connectivity index (χ0v) is 17.2. The molecule has 142 valence electrons. The molecule has 27 heavy (non-hydrogen) atoms. The van der Waals surface area contributed by atoms with E-state index in [1.807, 2.05) is 6.07 Å². The molecule has 0 aliphatic rings. The van der Waals surface area contributed by atoms with Gasteiger partial charge in [0.2, 0.25) is 0 Å². The quantitative estimate of drug-likeness (QED) is 0.386. The second-order valence-corrected chi connectivity index (χ2v) is 6.64. The van der Waals surface area contributed by atoms with Gasteiger partial charge in [-0.05, 0) is 41.2 Å². The number of hydrogen-bond acceptors (Lipinski definition) is 8. The Labute approximate surface area is 168 Å². The molecule has 0 aliphatic heterocycles. The van der Waals surface area contributed by atoms with Crippen molar-refractivity contribution in [2.45, 2.75) is 12.1 Å². The van der Waals surface area contributed by atoms with Gasteiger partial charge in [-0.1, -0.05) is 11.8 Å². The van der Waals surface area contributed by atoms with Crippen molar-refractivity contribution >= 4 is 33.7 Å². The number of halogens is 1. The number of thioether (sulfide) groups is 1. The normalized spacial score (nSPS) is 10.2. The highest BCUT2D eigenvalue weighted by molar-refractivity contribution is 9.10. The minimum Gasteiger partial charge on any atom is -0.490 e. The van der Waals surface area contributed by atoms with Crippen LogP contribution >= 0.6 is 27.7 Å². The van der Waals surface area contributed by atoms with Crippen LogP contribution in [-0.4, -0.2) is 42.5 Å². The van der Waals surface area contributed by atoms with Crippen molar-refractivity contribution in [1.29, 1.82) is 5.26 Å². The van der Waals surface area contributed by atoms with Gasteiger partial charge < -0.3 is 19.2 Å². The summed E-state index contributed by atoms with van der Waals surface area (Å²) in [7, 11) is 1.26. The van der Waals surface area contributed by atoms with Crippen LogP contribution in [0, 0.1) is 11.3 Å². The molecule has 2 rings (SSSR count). The van der Waals surface area contributed by atoms with Gasteiger partial charge in [0, 0.05) is 10.0 Å². The Balaban J connectivity index is 2.60. The second kappa shape index (κ2) is 9.43. The summed E-state index contributed by atoms with van der Waals surface area (Å²) in [4.78, 5) is 30.4. The average molecular weight is 454 g/mol. The molecule has 1 aromatic heterocycles. The predicted octanol–water partition coefficient (Wildman–Crippen LogP) is 2.74. The third-order valence-electron chi connectivity index (χ3n) is 3.36. The lowest BCUT2D eigenvalue weighted by Gasteiger charge is -2.15. The van der Waals surface area contributed by atoms with E-state index >= 15 is 0 Å². The molecule has 8 nitrogen and oxygen atoms in total. The summed E-state index contributed by atoms with van der Waals surface area (Å²) in [5.41, 5.74) is 0.0710. The number of nitriles is 1. The summed E-state index contributed by atoms with van der Waals surface area (Å²) >= 11 is 4.66. The number of carbonyl (C=O) groups excluding carboxylic acids is 1. The van der Waals surface area contributed by atoms with Gasteiger partial charge in [-0.2, -0.15) is 5.26 Å². The van der Waals surface area contributed by atoms with Crippen LogP contribution in [0.15, 0.2) is 26.6 Å². The van der Waals surface area contributed by atoms with E-state index in [4.69, 9.17) is 9.47 Å². The van der Waals surface area contributed by atoms with Crippen LogP contribution in [0.5, 0.6) is 11.5 Å². The highest BCUT2D eigenvalue weighted by atomic mass is 79.9. The lowest BCUT2D eigenvalue weighted by molar-refractivity contribution is -0.142. The topological polar surface area (TPSA) is 114 Å². The maximum atomic E-state index is 12.2. The van der Waals surface area contributed by atoms with Crippen molar-refractivity contribution < 1.29 is 19.0 Å². The number of carbonyl (C=O) groups is 1. The van der Waals surface area contributed by atoms with E-state index < -0.39 is 11.5 Å². The molecule has 2 aromatic rings. The zero-order chi connectivity index (χ0) is 20.0. The first-order chi connectivity index (χ1) is 12.9. The minimum atomic E-state index is -0.537. The predicted molar refractivity (Wildman–Crippen MR) is 103 cm³/mol. The van der Waals surface area contributed by atoms with Crippen LogP contribution in [-0.2, 0) is 9.53 Å². The standard InChI is InChI=1S/C17H16BrN3O5S/c1-4-25-12-5-9(11(18)6-13(12)26-8-14(22)24-2)15-10(7-19)16(23)21-17(20-15)27-3/h5-6H,4,8H2,1-3H3,(H,20,21,23). The van der Waals surface area contributed by atoms with E-state index in [2.05, 4.69) is 30.6 Å². The summed E-state index contributed by atoms with van der Waals surface area (Å²) in [5, 5.41) is 9.75. The molecule has 1 N–H and O–H groups in total. The molecule has 0 fully saturated rings. The first kappa shape index (κ1) is 20.8. The number of rotatable bonds is 7. The fourth-order valence-corrected chi connectivity index (χ4v) is 3.03. The highest BCUT2D eigenvalue weighted by Crippen LogP contribution is 2.39. The van der Waals surface area contributed by atoms with Crippen LogP contribution in [0.3, 0.4) is 0 Å². The summed E-state index contributed by atoms with van der Waals surface area (Å²) in [6.07, 6.45) is 1.76. The molecule has 0 amide bonds. The lowest BCUT2D eigenvalue weighted by atomic mass is 10.1. The molecular formula is C17H16BrN3O5S. The Kier molecular flexibility index (Phi) is 7.27. The molecular weight excluding hydrogens is 438 g/mol. The van der Waals surface area contributed by atoms with Crippen LogP contribution in [0.25, 0.3) is 11.3 Å². The van der Waals surface area contributed by atoms with Gasteiger partial charge in [0.15, 0.2) is 23.3 Å². The summed E-state index contributed by atoms with van der Waals surface area (Å²) < 4.78 is 16.1. The van der Waals surface area contributed by atoms with Crippen molar-refractivity contribution in [2.75, 3.05) is 26.6 Å². The van der Waals surface area contributed by atoms with Gasteiger partial charge in [0.1, 0.15) is 11.6 Å². The third kappa shape index (κ3) is 4.81. The summed E-state index contributed by atoms with van der Waals surface area (Å²) in [6.45, 7) is 1.86. The molecule has 1 heterocycles. The second-order valence-electron chi connectivity index (χ2n) is 4.99. The lowest BCUT2D eigenvalue weighted by Crippen LogP contribution is -2.15. The number of ether oxygens (including phenoxy) is 3.